The fourth-order valence-corrected chi connectivity index (χ4v) is 3.29. The van der Waals surface area contributed by atoms with E-state index in [0.29, 0.717) is 13.0 Å². The lowest BCUT2D eigenvalue weighted by atomic mass is 10.1. The normalized spacial score (nSPS) is 18.2. The van der Waals surface area contributed by atoms with Gasteiger partial charge in [-0.2, -0.15) is 5.10 Å². The van der Waals surface area contributed by atoms with Gasteiger partial charge in [-0.25, -0.2) is 5.01 Å². The van der Waals surface area contributed by atoms with E-state index in [0.717, 1.165) is 43.6 Å². The first-order valence-electron chi connectivity index (χ1n) is 8.95. The van der Waals surface area contributed by atoms with E-state index in [-0.39, 0.29) is 18.2 Å². The minimum absolute atomic E-state index is 0.0518. The Balaban J connectivity index is 1.50. The summed E-state index contributed by atoms with van der Waals surface area (Å²) in [4.78, 5) is 26.5. The average Bonchev–Trinajstić information content (AvgIpc) is 2.96. The highest BCUT2D eigenvalue weighted by Crippen LogP contribution is 2.16. The Morgan fingerprint density at radius 3 is 2.25 bits per heavy atom. The van der Waals surface area contributed by atoms with Crippen molar-refractivity contribution in [3.63, 3.8) is 0 Å². The van der Waals surface area contributed by atoms with Gasteiger partial charge in [0.2, 0.25) is 11.8 Å². The summed E-state index contributed by atoms with van der Waals surface area (Å²) in [7, 11) is 0. The lowest BCUT2D eigenvalue weighted by Gasteiger charge is -2.20. The molecule has 5 heteroatoms. The molecule has 0 atom stereocenters. The van der Waals surface area contributed by atoms with Gasteiger partial charge in [-0.05, 0) is 18.4 Å². The Hall–Kier alpha value is -2.17. The molecule has 0 aliphatic carbocycles. The highest BCUT2D eigenvalue weighted by Gasteiger charge is 2.23. The van der Waals surface area contributed by atoms with Crippen LogP contribution in [0.2, 0.25) is 0 Å². The fourth-order valence-electron chi connectivity index (χ4n) is 3.29. The van der Waals surface area contributed by atoms with Crippen LogP contribution in [-0.2, 0) is 9.59 Å². The van der Waals surface area contributed by atoms with E-state index in [1.54, 1.807) is 0 Å². The molecule has 1 aromatic carbocycles. The third-order valence-electron chi connectivity index (χ3n) is 4.71. The number of nitrogens with zero attached hydrogens (tertiary/aromatic N) is 3. The van der Waals surface area contributed by atoms with E-state index in [9.17, 15) is 9.59 Å². The monoisotopic (exact) mass is 327 g/mol. The second-order valence-corrected chi connectivity index (χ2v) is 6.47. The van der Waals surface area contributed by atoms with Crippen molar-refractivity contribution in [3.8, 4) is 0 Å². The molecular weight excluding hydrogens is 302 g/mol. The van der Waals surface area contributed by atoms with E-state index in [1.165, 1.54) is 17.9 Å². The highest BCUT2D eigenvalue weighted by atomic mass is 16.2. The molecule has 24 heavy (non-hydrogen) atoms. The quantitative estimate of drug-likeness (QED) is 0.854. The van der Waals surface area contributed by atoms with Gasteiger partial charge in [0, 0.05) is 32.4 Å². The van der Waals surface area contributed by atoms with Crippen LogP contribution in [-0.4, -0.2) is 47.1 Å². The van der Waals surface area contributed by atoms with E-state index in [1.807, 2.05) is 35.2 Å². The molecule has 0 unspecified atom stereocenters. The van der Waals surface area contributed by atoms with Gasteiger partial charge in [0.15, 0.2) is 0 Å². The zero-order valence-corrected chi connectivity index (χ0v) is 14.1. The van der Waals surface area contributed by atoms with Gasteiger partial charge in [-0.1, -0.05) is 43.2 Å². The van der Waals surface area contributed by atoms with Crippen LogP contribution in [0.15, 0.2) is 35.4 Å². The molecule has 0 saturated carbocycles. The van der Waals surface area contributed by atoms with Crippen molar-refractivity contribution < 1.29 is 9.59 Å². The minimum Gasteiger partial charge on any atom is -0.343 e. The van der Waals surface area contributed by atoms with Crippen LogP contribution < -0.4 is 0 Å². The van der Waals surface area contributed by atoms with Gasteiger partial charge in [0.05, 0.1) is 12.3 Å². The lowest BCUT2D eigenvalue weighted by molar-refractivity contribution is -0.136. The first-order chi connectivity index (χ1) is 11.7. The van der Waals surface area contributed by atoms with Gasteiger partial charge in [0.25, 0.3) is 0 Å². The minimum atomic E-state index is -0.0518. The number of hydrazone groups is 1. The molecule has 0 radical (unpaired) electrons. The van der Waals surface area contributed by atoms with Crippen molar-refractivity contribution in [2.75, 3.05) is 19.6 Å². The molecule has 5 nitrogen and oxygen atoms in total. The number of carbonyl (C=O) groups is 2. The molecule has 2 amide bonds. The maximum Gasteiger partial charge on any atom is 0.243 e. The summed E-state index contributed by atoms with van der Waals surface area (Å²) in [6.45, 7) is 2.29. The zero-order valence-electron chi connectivity index (χ0n) is 14.1. The first kappa shape index (κ1) is 16.7. The van der Waals surface area contributed by atoms with Gasteiger partial charge in [0.1, 0.15) is 0 Å². The number of carbonyl (C=O) groups excluding carboxylic acids is 2. The molecular formula is C19H25N3O2. The summed E-state index contributed by atoms with van der Waals surface area (Å²) in [5.41, 5.74) is 2.01. The molecule has 2 heterocycles. The highest BCUT2D eigenvalue weighted by molar-refractivity contribution is 6.02. The number of benzene rings is 1. The SMILES string of the molecule is O=C(CCC(=O)N1CCC(c2ccccc2)=N1)N1CCCCCC1. The molecule has 0 spiro atoms. The molecule has 1 saturated heterocycles. The number of hydrogen-bond acceptors (Lipinski definition) is 3. The van der Waals surface area contributed by atoms with Crippen LogP contribution in [0.25, 0.3) is 0 Å². The Labute approximate surface area is 143 Å². The Kier molecular flexibility index (Phi) is 5.62. The topological polar surface area (TPSA) is 53.0 Å². The second-order valence-electron chi connectivity index (χ2n) is 6.47. The number of likely N-dealkylation sites (tertiary alicyclic amines) is 1. The van der Waals surface area contributed by atoms with Crippen molar-refractivity contribution in [2.45, 2.75) is 44.9 Å². The van der Waals surface area contributed by atoms with Crippen molar-refractivity contribution >= 4 is 17.5 Å². The maximum absolute atomic E-state index is 12.3. The van der Waals surface area contributed by atoms with Crippen molar-refractivity contribution in [1.82, 2.24) is 9.91 Å². The summed E-state index contributed by atoms with van der Waals surface area (Å²) in [5.74, 6) is 0.0563. The largest absolute Gasteiger partial charge is 0.343 e. The van der Waals surface area contributed by atoms with E-state index >= 15 is 0 Å². The molecule has 0 aromatic heterocycles. The molecule has 2 aliphatic rings. The summed E-state index contributed by atoms with van der Waals surface area (Å²) in [5, 5.41) is 5.97. The van der Waals surface area contributed by atoms with Crippen LogP contribution in [0.4, 0.5) is 0 Å². The van der Waals surface area contributed by atoms with Crippen LogP contribution in [0, 0.1) is 0 Å². The molecule has 2 aliphatic heterocycles. The van der Waals surface area contributed by atoms with Gasteiger partial charge < -0.3 is 4.90 Å². The first-order valence-corrected chi connectivity index (χ1v) is 8.95. The fraction of sp³-hybridized carbons (Fsp3) is 0.526. The molecule has 0 bridgehead atoms. The molecule has 3 rings (SSSR count). The summed E-state index contributed by atoms with van der Waals surface area (Å²) < 4.78 is 0. The lowest BCUT2D eigenvalue weighted by Crippen LogP contribution is -2.33. The van der Waals surface area contributed by atoms with Crippen LogP contribution >= 0.6 is 0 Å². The summed E-state index contributed by atoms with van der Waals surface area (Å²) in [6.07, 6.45) is 5.89. The van der Waals surface area contributed by atoms with Crippen molar-refractivity contribution in [1.29, 1.82) is 0 Å². The number of rotatable bonds is 4. The Bertz CT molecular complexity index is 604. The van der Waals surface area contributed by atoms with Crippen LogP contribution in [0.5, 0.6) is 0 Å². The second kappa shape index (κ2) is 8.08. The average molecular weight is 327 g/mol. The molecule has 1 aromatic rings. The standard InChI is InChI=1S/C19H25N3O2/c23-18(21-13-6-1-2-7-14-21)10-11-19(24)22-15-12-17(20-22)16-8-4-3-5-9-16/h3-5,8-9H,1-2,6-7,10-15H2. The summed E-state index contributed by atoms with van der Waals surface area (Å²) >= 11 is 0. The van der Waals surface area contributed by atoms with Gasteiger partial charge >= 0.3 is 0 Å². The third kappa shape index (κ3) is 4.22. The number of hydrogen-bond donors (Lipinski definition) is 0. The van der Waals surface area contributed by atoms with E-state index < -0.39 is 0 Å². The van der Waals surface area contributed by atoms with E-state index in [4.69, 9.17) is 0 Å². The third-order valence-corrected chi connectivity index (χ3v) is 4.71. The predicted octanol–water partition coefficient (Wildman–Crippen LogP) is 2.81. The van der Waals surface area contributed by atoms with Crippen molar-refractivity contribution in [2.24, 2.45) is 5.10 Å². The molecule has 1 fully saturated rings. The zero-order chi connectivity index (χ0) is 16.8. The smallest absolute Gasteiger partial charge is 0.243 e. The van der Waals surface area contributed by atoms with Gasteiger partial charge in [-0.15, -0.1) is 0 Å². The van der Waals surface area contributed by atoms with E-state index in [2.05, 4.69) is 5.10 Å². The maximum atomic E-state index is 12.3. The summed E-state index contributed by atoms with van der Waals surface area (Å²) in [6, 6.07) is 9.94. The van der Waals surface area contributed by atoms with Crippen LogP contribution in [0.1, 0.15) is 50.5 Å². The predicted molar refractivity (Wildman–Crippen MR) is 93.6 cm³/mol. The van der Waals surface area contributed by atoms with Gasteiger partial charge in [-0.3, -0.25) is 9.59 Å². The van der Waals surface area contributed by atoms with Crippen molar-refractivity contribution in [3.05, 3.63) is 35.9 Å². The number of amides is 2. The molecule has 0 N–H and O–H groups in total. The van der Waals surface area contributed by atoms with Crippen LogP contribution in [0.3, 0.4) is 0 Å². The molecule has 128 valence electrons. The Morgan fingerprint density at radius 2 is 1.54 bits per heavy atom. The Morgan fingerprint density at radius 1 is 0.875 bits per heavy atom.